The zero-order chi connectivity index (χ0) is 28.1. The molecule has 0 unspecified atom stereocenters. The third-order valence-corrected chi connectivity index (χ3v) is 8.37. The van der Waals surface area contributed by atoms with Gasteiger partial charge in [-0.05, 0) is 33.8 Å². The van der Waals surface area contributed by atoms with Crippen molar-refractivity contribution in [3.05, 3.63) is 57.0 Å². The minimum absolute atomic E-state index is 0.0250. The van der Waals surface area contributed by atoms with Crippen LogP contribution in [0.5, 0.6) is 0 Å². The summed E-state index contributed by atoms with van der Waals surface area (Å²) in [5, 5.41) is 3.92. The first kappa shape index (κ1) is 27.1. The van der Waals surface area contributed by atoms with Gasteiger partial charge in [0.1, 0.15) is 17.5 Å². The van der Waals surface area contributed by atoms with Crippen molar-refractivity contribution in [3.63, 3.8) is 0 Å². The molecule has 2 N–H and O–H groups in total. The van der Waals surface area contributed by atoms with Gasteiger partial charge in [0.25, 0.3) is 5.91 Å². The van der Waals surface area contributed by atoms with Gasteiger partial charge < -0.3 is 19.8 Å². The van der Waals surface area contributed by atoms with Gasteiger partial charge in [0.2, 0.25) is 0 Å². The van der Waals surface area contributed by atoms with Crippen molar-refractivity contribution in [2.24, 2.45) is 0 Å². The molecular weight excluding hydrogens is 529 g/mol. The van der Waals surface area contributed by atoms with Crippen LogP contribution in [-0.2, 0) is 19.3 Å². The van der Waals surface area contributed by atoms with Gasteiger partial charge in [-0.1, -0.05) is 0 Å². The third kappa shape index (κ3) is 5.24. The van der Waals surface area contributed by atoms with Crippen LogP contribution in [0, 0.1) is 27.7 Å². The number of amides is 1. The standard InChI is InChI=1S/C26H31F3N8OS/c1-14-15(2)32-20(31-14)11-37-17(4)16(3)33-22(37)12-35-6-8-36(9-7-35)21-10-19(26(27,28)29)24-23(34-21)18(13-39-24)25(38)30-5/h10,13H,6-9,11-12H2,1-5H3,(H,30,38)(H,31,32). The lowest BCUT2D eigenvalue weighted by Crippen LogP contribution is -2.46. The van der Waals surface area contributed by atoms with E-state index in [1.165, 1.54) is 12.4 Å². The molecule has 0 spiro atoms. The van der Waals surface area contributed by atoms with Gasteiger partial charge in [-0.2, -0.15) is 13.2 Å². The number of aromatic amines is 1. The number of imidazole rings is 2. The van der Waals surface area contributed by atoms with Crippen LogP contribution in [-0.4, -0.2) is 68.5 Å². The maximum absolute atomic E-state index is 13.9. The van der Waals surface area contributed by atoms with Gasteiger partial charge in [0.15, 0.2) is 0 Å². The zero-order valence-electron chi connectivity index (χ0n) is 22.5. The molecule has 1 fully saturated rings. The van der Waals surface area contributed by atoms with Gasteiger partial charge >= 0.3 is 6.18 Å². The third-order valence-electron chi connectivity index (χ3n) is 7.37. The van der Waals surface area contributed by atoms with Crippen molar-refractivity contribution in [2.75, 3.05) is 38.1 Å². The van der Waals surface area contributed by atoms with Crippen LogP contribution >= 0.6 is 11.3 Å². The minimum atomic E-state index is -4.56. The van der Waals surface area contributed by atoms with Gasteiger partial charge in [-0.3, -0.25) is 9.69 Å². The highest BCUT2D eigenvalue weighted by molar-refractivity contribution is 7.17. The zero-order valence-corrected chi connectivity index (χ0v) is 23.3. The monoisotopic (exact) mass is 560 g/mol. The van der Waals surface area contributed by atoms with Crippen molar-refractivity contribution in [2.45, 2.75) is 47.0 Å². The summed E-state index contributed by atoms with van der Waals surface area (Å²) in [4.78, 5) is 33.7. The van der Waals surface area contributed by atoms with Gasteiger partial charge in [0, 0.05) is 50.0 Å². The molecule has 1 amide bonds. The number of anilines is 1. The van der Waals surface area contributed by atoms with Crippen LogP contribution < -0.4 is 10.2 Å². The van der Waals surface area contributed by atoms with Crippen molar-refractivity contribution in [1.29, 1.82) is 0 Å². The molecule has 0 aromatic carbocycles. The van der Waals surface area contributed by atoms with Crippen LogP contribution in [0.25, 0.3) is 10.2 Å². The molecule has 39 heavy (non-hydrogen) atoms. The van der Waals surface area contributed by atoms with Gasteiger partial charge in [0.05, 0.1) is 45.8 Å². The lowest BCUT2D eigenvalue weighted by atomic mass is 10.1. The van der Waals surface area contributed by atoms with Crippen molar-refractivity contribution < 1.29 is 18.0 Å². The predicted molar refractivity (Wildman–Crippen MR) is 144 cm³/mol. The lowest BCUT2D eigenvalue weighted by molar-refractivity contribution is -0.136. The van der Waals surface area contributed by atoms with Crippen molar-refractivity contribution in [3.8, 4) is 0 Å². The number of halogens is 3. The van der Waals surface area contributed by atoms with Crippen molar-refractivity contribution >= 4 is 33.3 Å². The number of nitrogens with one attached hydrogen (secondary N) is 2. The van der Waals surface area contributed by atoms with Crippen LogP contribution in [0.4, 0.5) is 19.0 Å². The predicted octanol–water partition coefficient (Wildman–Crippen LogP) is 4.20. The largest absolute Gasteiger partial charge is 0.417 e. The quantitative estimate of drug-likeness (QED) is 0.367. The number of carbonyl (C=O) groups excluding carboxylic acids is 1. The summed E-state index contributed by atoms with van der Waals surface area (Å²) in [7, 11) is 1.45. The number of alkyl halides is 3. The van der Waals surface area contributed by atoms with Crippen molar-refractivity contribution in [1.82, 2.24) is 34.7 Å². The Bertz CT molecular complexity index is 1510. The molecule has 1 aliphatic heterocycles. The summed E-state index contributed by atoms with van der Waals surface area (Å²) in [5.41, 5.74) is 3.54. The second-order valence-electron chi connectivity index (χ2n) is 9.87. The summed E-state index contributed by atoms with van der Waals surface area (Å²) < 4.78 is 44.0. The highest BCUT2D eigenvalue weighted by Crippen LogP contribution is 2.40. The van der Waals surface area contributed by atoms with Crippen LogP contribution in [0.3, 0.4) is 0 Å². The number of fused-ring (bicyclic) bond motifs is 1. The highest BCUT2D eigenvalue weighted by atomic mass is 32.1. The molecule has 13 heteroatoms. The van der Waals surface area contributed by atoms with Gasteiger partial charge in [-0.25, -0.2) is 15.0 Å². The lowest BCUT2D eigenvalue weighted by Gasteiger charge is -2.35. The number of pyridine rings is 1. The molecule has 0 bridgehead atoms. The van der Waals surface area contributed by atoms with Gasteiger partial charge in [-0.15, -0.1) is 11.3 Å². The molecule has 4 aromatic rings. The Labute approximate surface area is 228 Å². The highest BCUT2D eigenvalue weighted by Gasteiger charge is 2.36. The molecule has 5 heterocycles. The molecule has 0 aliphatic carbocycles. The number of rotatable bonds is 6. The van der Waals surface area contributed by atoms with E-state index in [4.69, 9.17) is 4.98 Å². The Morgan fingerprint density at radius 2 is 1.77 bits per heavy atom. The number of piperazine rings is 1. The number of aryl methyl sites for hydroxylation is 3. The molecular formula is C26H31F3N8OS. The number of nitrogens with zero attached hydrogens (tertiary/aromatic N) is 6. The molecule has 208 valence electrons. The Kier molecular flexibility index (Phi) is 7.14. The fraction of sp³-hybridized carbons (Fsp3) is 0.462. The van der Waals surface area contributed by atoms with E-state index in [9.17, 15) is 18.0 Å². The first-order valence-electron chi connectivity index (χ1n) is 12.7. The fourth-order valence-electron chi connectivity index (χ4n) is 4.90. The number of carbonyl (C=O) groups is 1. The maximum atomic E-state index is 13.9. The van der Waals surface area contributed by atoms with E-state index in [-0.39, 0.29) is 21.6 Å². The van der Waals surface area contributed by atoms with E-state index in [1.807, 2.05) is 32.6 Å². The smallest absolute Gasteiger partial charge is 0.355 e. The molecule has 0 radical (unpaired) electrons. The summed E-state index contributed by atoms with van der Waals surface area (Å²) >= 11 is 0.889. The first-order valence-corrected chi connectivity index (χ1v) is 13.6. The van der Waals surface area contributed by atoms with Crippen LogP contribution in [0.1, 0.15) is 50.3 Å². The molecule has 1 saturated heterocycles. The second-order valence-corrected chi connectivity index (χ2v) is 10.8. The summed E-state index contributed by atoms with van der Waals surface area (Å²) in [6, 6.07) is 1.11. The summed E-state index contributed by atoms with van der Waals surface area (Å²) in [6.45, 7) is 11.5. The molecule has 0 atom stereocenters. The average Bonchev–Trinajstić information content (AvgIpc) is 3.54. The van der Waals surface area contributed by atoms with E-state index in [1.54, 1.807) is 0 Å². The summed E-state index contributed by atoms with van der Waals surface area (Å²) in [6.07, 6.45) is -4.56. The number of H-pyrrole nitrogens is 1. The Morgan fingerprint density at radius 1 is 1.05 bits per heavy atom. The second kappa shape index (κ2) is 10.3. The van der Waals surface area contributed by atoms with Crippen LogP contribution in [0.15, 0.2) is 11.4 Å². The molecule has 9 nitrogen and oxygen atoms in total. The van der Waals surface area contributed by atoms with E-state index in [2.05, 4.69) is 29.7 Å². The normalized spacial score (nSPS) is 14.9. The van der Waals surface area contributed by atoms with E-state index >= 15 is 0 Å². The number of hydrogen-bond donors (Lipinski definition) is 2. The fourth-order valence-corrected chi connectivity index (χ4v) is 5.92. The Balaban J connectivity index is 1.35. The summed E-state index contributed by atoms with van der Waals surface area (Å²) in [5.74, 6) is 1.58. The molecule has 1 aliphatic rings. The topological polar surface area (TPSA) is 95.0 Å². The minimum Gasteiger partial charge on any atom is -0.355 e. The molecule has 5 rings (SSSR count). The average molecular weight is 561 g/mol. The van der Waals surface area contributed by atoms with E-state index in [0.717, 1.165) is 51.8 Å². The SMILES string of the molecule is CNC(=O)c1csc2c(C(F)(F)F)cc(N3CCN(Cc4nc(C)c(C)n4Cc4nc(C)c(C)[nH]4)CC3)nc12. The first-order chi connectivity index (χ1) is 18.5. The van der Waals surface area contributed by atoms with E-state index in [0.29, 0.717) is 39.3 Å². The number of aromatic nitrogens is 5. The number of hydrogen-bond acceptors (Lipinski definition) is 7. The van der Waals surface area contributed by atoms with E-state index < -0.39 is 17.6 Å². The Morgan fingerprint density at radius 3 is 2.38 bits per heavy atom. The maximum Gasteiger partial charge on any atom is 0.417 e. The Hall–Kier alpha value is -3.45. The number of thiophene rings is 1. The molecule has 0 saturated carbocycles. The molecule has 4 aromatic heterocycles. The van der Waals surface area contributed by atoms with Crippen LogP contribution in [0.2, 0.25) is 0 Å².